The van der Waals surface area contributed by atoms with Crippen LogP contribution in [0.15, 0.2) is 0 Å². The quantitative estimate of drug-likeness (QED) is 0.379. The topological polar surface area (TPSA) is 43.4 Å². The van der Waals surface area contributed by atoms with Crippen LogP contribution in [-0.4, -0.2) is 31.2 Å². The lowest BCUT2D eigenvalue weighted by atomic mass is 9.80. The van der Waals surface area contributed by atoms with E-state index in [-0.39, 0.29) is 6.42 Å². The maximum Gasteiger partial charge on any atom is 0.413 e. The number of carbonyl (C=O) groups is 2. The molecular formula is C13H18F6O3. The van der Waals surface area contributed by atoms with Gasteiger partial charge >= 0.3 is 18.3 Å². The minimum atomic E-state index is -5.90. The number of hydrogen-bond donors (Lipinski definition) is 0. The number of esters is 1. The smallest absolute Gasteiger partial charge is 0.413 e. The Hall–Kier alpha value is -1.28. The molecule has 0 heterocycles. The highest BCUT2D eigenvalue weighted by atomic mass is 19.4. The highest BCUT2D eigenvalue weighted by molar-refractivity contribution is 5.82. The molecule has 0 atom stereocenters. The standard InChI is InChI=1S/C13H18F6O3/c1-3-4-5-6-9(20)7-8-11(10(21)22-2,12(14,15)16)13(17,18)19/h3-8H2,1-2H3. The van der Waals surface area contributed by atoms with Crippen LogP contribution in [0.2, 0.25) is 0 Å². The molecule has 0 spiro atoms. The summed E-state index contributed by atoms with van der Waals surface area (Å²) in [4.78, 5) is 22.7. The molecule has 0 aromatic carbocycles. The van der Waals surface area contributed by atoms with Crippen molar-refractivity contribution in [1.82, 2.24) is 0 Å². The number of halogens is 6. The second kappa shape index (κ2) is 7.82. The summed E-state index contributed by atoms with van der Waals surface area (Å²) in [5.41, 5.74) is -4.67. The van der Waals surface area contributed by atoms with Gasteiger partial charge in [-0.3, -0.25) is 9.59 Å². The first-order chi connectivity index (χ1) is 9.94. The summed E-state index contributed by atoms with van der Waals surface area (Å²) in [5.74, 6) is -3.19. The lowest BCUT2D eigenvalue weighted by molar-refractivity contribution is -0.333. The Kier molecular flexibility index (Phi) is 7.37. The van der Waals surface area contributed by atoms with E-state index in [2.05, 4.69) is 4.74 Å². The van der Waals surface area contributed by atoms with Gasteiger partial charge < -0.3 is 4.74 Å². The van der Waals surface area contributed by atoms with Gasteiger partial charge in [-0.15, -0.1) is 0 Å². The van der Waals surface area contributed by atoms with Crippen molar-refractivity contribution in [3.05, 3.63) is 0 Å². The van der Waals surface area contributed by atoms with Crippen molar-refractivity contribution in [2.45, 2.75) is 57.8 Å². The van der Waals surface area contributed by atoms with Gasteiger partial charge in [-0.05, 0) is 12.8 Å². The SMILES string of the molecule is CCCCCC(=O)CCC(C(=O)OC)(C(F)(F)F)C(F)(F)F. The van der Waals surface area contributed by atoms with Crippen molar-refractivity contribution in [2.75, 3.05) is 7.11 Å². The Morgan fingerprint density at radius 2 is 1.41 bits per heavy atom. The largest absolute Gasteiger partial charge is 0.468 e. The van der Waals surface area contributed by atoms with E-state index in [0.717, 1.165) is 6.42 Å². The van der Waals surface area contributed by atoms with Gasteiger partial charge in [-0.25, -0.2) is 0 Å². The fourth-order valence-electron chi connectivity index (χ4n) is 1.98. The Labute approximate surface area is 124 Å². The van der Waals surface area contributed by atoms with E-state index in [9.17, 15) is 35.9 Å². The molecule has 22 heavy (non-hydrogen) atoms. The number of ketones is 1. The summed E-state index contributed by atoms with van der Waals surface area (Å²) >= 11 is 0. The lowest BCUT2D eigenvalue weighted by Gasteiger charge is -2.34. The summed E-state index contributed by atoms with van der Waals surface area (Å²) in [7, 11) is 0.442. The van der Waals surface area contributed by atoms with E-state index >= 15 is 0 Å². The maximum absolute atomic E-state index is 12.9. The van der Waals surface area contributed by atoms with Gasteiger partial charge in [0.1, 0.15) is 5.78 Å². The fourth-order valence-corrected chi connectivity index (χ4v) is 1.98. The molecule has 0 saturated heterocycles. The summed E-state index contributed by atoms with van der Waals surface area (Å²) in [6.45, 7) is 1.83. The van der Waals surface area contributed by atoms with Crippen molar-refractivity contribution in [3.63, 3.8) is 0 Å². The van der Waals surface area contributed by atoms with Crippen LogP contribution < -0.4 is 0 Å². The van der Waals surface area contributed by atoms with Crippen molar-refractivity contribution in [3.8, 4) is 0 Å². The Bertz CT molecular complexity index is 372. The van der Waals surface area contributed by atoms with Gasteiger partial charge in [-0.2, -0.15) is 26.3 Å². The van der Waals surface area contributed by atoms with E-state index in [1.165, 1.54) is 0 Å². The first-order valence-electron chi connectivity index (χ1n) is 6.67. The molecule has 0 aromatic heterocycles. The summed E-state index contributed by atoms with van der Waals surface area (Å²) < 4.78 is 81.3. The molecule has 9 heteroatoms. The average molecular weight is 336 g/mol. The molecule has 0 rings (SSSR count). The summed E-state index contributed by atoms with van der Waals surface area (Å²) in [5, 5.41) is 0. The van der Waals surface area contributed by atoms with Crippen LogP contribution in [0.1, 0.15) is 45.4 Å². The third-order valence-corrected chi connectivity index (χ3v) is 3.34. The zero-order valence-corrected chi connectivity index (χ0v) is 12.2. The molecule has 0 aliphatic rings. The Morgan fingerprint density at radius 1 is 0.909 bits per heavy atom. The average Bonchev–Trinajstić information content (AvgIpc) is 2.36. The van der Waals surface area contributed by atoms with Crippen LogP contribution in [0.25, 0.3) is 0 Å². The van der Waals surface area contributed by atoms with E-state index in [0.29, 0.717) is 20.0 Å². The van der Waals surface area contributed by atoms with Gasteiger partial charge in [0.25, 0.3) is 5.41 Å². The van der Waals surface area contributed by atoms with Crippen LogP contribution in [0.5, 0.6) is 0 Å². The lowest BCUT2D eigenvalue weighted by Crippen LogP contribution is -2.56. The molecule has 0 aliphatic heterocycles. The minimum Gasteiger partial charge on any atom is -0.468 e. The number of methoxy groups -OCH3 is 1. The number of rotatable bonds is 8. The van der Waals surface area contributed by atoms with E-state index in [4.69, 9.17) is 0 Å². The van der Waals surface area contributed by atoms with E-state index in [1.807, 2.05) is 6.92 Å². The van der Waals surface area contributed by atoms with Gasteiger partial charge in [0.15, 0.2) is 0 Å². The van der Waals surface area contributed by atoms with Gasteiger partial charge in [0.2, 0.25) is 0 Å². The molecule has 0 N–H and O–H groups in total. The van der Waals surface area contributed by atoms with Crippen LogP contribution in [0, 0.1) is 5.41 Å². The summed E-state index contributed by atoms with van der Waals surface area (Å²) in [6, 6.07) is 0. The van der Waals surface area contributed by atoms with Crippen LogP contribution in [0.3, 0.4) is 0 Å². The van der Waals surface area contributed by atoms with Crippen molar-refractivity contribution < 1.29 is 40.7 Å². The highest BCUT2D eigenvalue weighted by Gasteiger charge is 2.75. The Morgan fingerprint density at radius 3 is 1.77 bits per heavy atom. The van der Waals surface area contributed by atoms with Crippen molar-refractivity contribution in [1.29, 1.82) is 0 Å². The second-order valence-electron chi connectivity index (χ2n) is 4.89. The molecular weight excluding hydrogens is 318 g/mol. The van der Waals surface area contributed by atoms with E-state index < -0.39 is 42.4 Å². The van der Waals surface area contributed by atoms with E-state index in [1.54, 1.807) is 0 Å². The van der Waals surface area contributed by atoms with Gasteiger partial charge in [-0.1, -0.05) is 19.8 Å². The third-order valence-electron chi connectivity index (χ3n) is 3.34. The Balaban J connectivity index is 5.27. The number of alkyl halides is 6. The van der Waals surface area contributed by atoms with Gasteiger partial charge in [0.05, 0.1) is 7.11 Å². The molecule has 0 amide bonds. The van der Waals surface area contributed by atoms with Gasteiger partial charge in [0, 0.05) is 12.8 Å². The zero-order chi connectivity index (χ0) is 17.6. The normalized spacial score (nSPS) is 13.1. The molecule has 0 unspecified atom stereocenters. The molecule has 0 fully saturated rings. The molecule has 0 radical (unpaired) electrons. The molecule has 3 nitrogen and oxygen atoms in total. The molecule has 130 valence electrons. The van der Waals surface area contributed by atoms with Crippen molar-refractivity contribution in [2.24, 2.45) is 5.41 Å². The fraction of sp³-hybridized carbons (Fsp3) is 0.846. The van der Waals surface area contributed by atoms with Crippen LogP contribution in [-0.2, 0) is 14.3 Å². The first-order valence-corrected chi connectivity index (χ1v) is 6.67. The first kappa shape index (κ1) is 20.7. The zero-order valence-electron chi connectivity index (χ0n) is 12.2. The number of hydrogen-bond acceptors (Lipinski definition) is 3. The predicted octanol–water partition coefficient (Wildman–Crippen LogP) is 4.20. The second-order valence-corrected chi connectivity index (χ2v) is 4.89. The number of ether oxygens (including phenoxy) is 1. The molecule has 0 bridgehead atoms. The maximum atomic E-state index is 12.9. The number of Topliss-reactive ketones (excluding diaryl/α,β-unsaturated/α-hetero) is 1. The summed E-state index contributed by atoms with van der Waals surface area (Å²) in [6.07, 6.45) is -12.8. The highest BCUT2D eigenvalue weighted by Crippen LogP contribution is 2.54. The number of unbranched alkanes of at least 4 members (excludes halogenated alkanes) is 2. The van der Waals surface area contributed by atoms with Crippen LogP contribution >= 0.6 is 0 Å². The van der Waals surface area contributed by atoms with Crippen molar-refractivity contribution >= 4 is 11.8 Å². The minimum absolute atomic E-state index is 0.110. The molecule has 0 aromatic rings. The third kappa shape index (κ3) is 4.61. The molecule has 0 aliphatic carbocycles. The predicted molar refractivity (Wildman–Crippen MR) is 64.9 cm³/mol. The monoisotopic (exact) mass is 336 g/mol. The number of carbonyl (C=O) groups excluding carboxylic acids is 2. The van der Waals surface area contributed by atoms with Crippen LogP contribution in [0.4, 0.5) is 26.3 Å². The molecule has 0 saturated carbocycles.